The van der Waals surface area contributed by atoms with Gasteiger partial charge in [-0.3, -0.25) is 0 Å². The Morgan fingerprint density at radius 1 is 1.64 bits per heavy atom. The van der Waals surface area contributed by atoms with Crippen LogP contribution in [0.25, 0.3) is 0 Å². The van der Waals surface area contributed by atoms with Crippen LogP contribution in [0.15, 0.2) is 5.10 Å². The number of nitrogens with zero attached hydrogens (tertiary/aromatic N) is 1. The molecule has 0 aromatic carbocycles. The van der Waals surface area contributed by atoms with Gasteiger partial charge in [-0.25, -0.2) is 11.4 Å². The van der Waals surface area contributed by atoms with Gasteiger partial charge in [-0.2, -0.15) is 5.10 Å². The van der Waals surface area contributed by atoms with Crippen molar-refractivity contribution < 1.29 is 5.32 Å². The van der Waals surface area contributed by atoms with Gasteiger partial charge in [-0.1, -0.05) is 0 Å². The summed E-state index contributed by atoms with van der Waals surface area (Å²) < 4.78 is 0. The minimum absolute atomic E-state index is 0.597. The smallest absolute Gasteiger partial charge is 0.121 e. The molecule has 0 aromatic rings. The molecule has 1 saturated heterocycles. The number of nitrogens with one attached hydrogen (secondary N) is 1. The van der Waals surface area contributed by atoms with Crippen LogP contribution in [-0.4, -0.2) is 18.9 Å². The lowest BCUT2D eigenvalue weighted by Gasteiger charge is -2.22. The quantitative estimate of drug-likeness (QED) is 0.160. The molecule has 0 unspecified atom stereocenters. The van der Waals surface area contributed by atoms with Crippen LogP contribution < -0.4 is 22.4 Å². The summed E-state index contributed by atoms with van der Waals surface area (Å²) in [7, 11) is 0. The molecule has 0 spiro atoms. The summed E-state index contributed by atoms with van der Waals surface area (Å²) in [5.74, 6) is 6.39. The molecule has 1 rings (SSSR count). The van der Waals surface area contributed by atoms with Crippen LogP contribution in [-0.2, 0) is 0 Å². The lowest BCUT2D eigenvalue weighted by molar-refractivity contribution is -0.723. The van der Waals surface area contributed by atoms with Crippen molar-refractivity contribution in [2.75, 3.05) is 13.1 Å². The number of quaternary nitrogens is 1. The molecule has 5 nitrogen and oxygen atoms in total. The molecular weight excluding hydrogens is 142 g/mol. The average Bonchev–Trinajstić information content (AvgIpc) is 1.85. The molecule has 0 bridgehead atoms. The fourth-order valence-electron chi connectivity index (χ4n) is 1.13. The molecule has 0 amide bonds. The third-order valence-corrected chi connectivity index (χ3v) is 2.02. The Labute approximate surface area is 66.2 Å². The Bertz CT molecular complexity index is 140. The van der Waals surface area contributed by atoms with Crippen molar-refractivity contribution in [3.05, 3.63) is 0 Å². The Balaban J connectivity index is 2.05. The van der Waals surface area contributed by atoms with E-state index in [0.29, 0.717) is 5.84 Å². The van der Waals surface area contributed by atoms with Gasteiger partial charge in [0.15, 0.2) is 0 Å². The molecule has 0 aliphatic carbocycles. The molecule has 0 saturated carbocycles. The van der Waals surface area contributed by atoms with Crippen molar-refractivity contribution in [3.8, 4) is 0 Å². The maximum Gasteiger partial charge on any atom is 0.121 e. The van der Waals surface area contributed by atoms with Gasteiger partial charge in [0.1, 0.15) is 5.84 Å². The predicted molar refractivity (Wildman–Crippen MR) is 43.3 cm³/mol. The van der Waals surface area contributed by atoms with Gasteiger partial charge < -0.3 is 11.1 Å². The Morgan fingerprint density at radius 3 is 2.82 bits per heavy atom. The first-order chi connectivity index (χ1) is 5.33. The Hall–Kier alpha value is -0.810. The van der Waals surface area contributed by atoms with Crippen LogP contribution in [0.4, 0.5) is 0 Å². The van der Waals surface area contributed by atoms with Gasteiger partial charge in [-0.05, 0) is 6.42 Å². The Morgan fingerprint density at radius 2 is 2.36 bits per heavy atom. The zero-order chi connectivity index (χ0) is 8.10. The zero-order valence-corrected chi connectivity index (χ0v) is 6.59. The normalized spacial score (nSPS) is 19.5. The second kappa shape index (κ2) is 4.15. The van der Waals surface area contributed by atoms with Crippen LogP contribution in [0.3, 0.4) is 0 Å². The van der Waals surface area contributed by atoms with Gasteiger partial charge in [0, 0.05) is 6.42 Å². The number of hydrazone groups is 1. The summed E-state index contributed by atoms with van der Waals surface area (Å²) in [6.45, 7) is 2.48. The molecule has 1 aliphatic heterocycles. The SMILES string of the molecule is NN/N=C(\N)CCC1C[NH2+]C1. The van der Waals surface area contributed by atoms with E-state index in [4.69, 9.17) is 11.6 Å². The van der Waals surface area contributed by atoms with Crippen LogP contribution in [0.5, 0.6) is 0 Å². The van der Waals surface area contributed by atoms with E-state index >= 15 is 0 Å². The summed E-state index contributed by atoms with van der Waals surface area (Å²) in [4.78, 5) is 0. The zero-order valence-electron chi connectivity index (χ0n) is 6.59. The highest BCUT2D eigenvalue weighted by Crippen LogP contribution is 2.04. The van der Waals surface area contributed by atoms with Crippen LogP contribution in [0.1, 0.15) is 12.8 Å². The number of nitrogens with two attached hydrogens (primary N) is 3. The molecule has 0 aromatic heterocycles. The van der Waals surface area contributed by atoms with E-state index in [0.717, 1.165) is 18.8 Å². The molecule has 1 fully saturated rings. The number of hydrazine groups is 1. The first-order valence-electron chi connectivity index (χ1n) is 3.92. The standard InChI is InChI=1S/C6H15N5/c7-6(10-11-8)2-1-5-3-9-4-5/h5,9,11H,1-4,8H2,(H2,7,10)/p+1. The van der Waals surface area contributed by atoms with Crippen molar-refractivity contribution in [2.45, 2.75) is 12.8 Å². The fraction of sp³-hybridized carbons (Fsp3) is 0.833. The summed E-state index contributed by atoms with van der Waals surface area (Å²) in [5, 5.41) is 5.96. The first-order valence-corrected chi connectivity index (χ1v) is 3.92. The van der Waals surface area contributed by atoms with E-state index in [9.17, 15) is 0 Å². The van der Waals surface area contributed by atoms with E-state index < -0.39 is 0 Å². The predicted octanol–water partition coefficient (Wildman–Crippen LogP) is -2.30. The van der Waals surface area contributed by atoms with Gasteiger partial charge >= 0.3 is 0 Å². The summed E-state index contributed by atoms with van der Waals surface area (Å²) in [6, 6.07) is 0. The van der Waals surface area contributed by atoms with Crippen LogP contribution in [0, 0.1) is 5.92 Å². The number of rotatable bonds is 4. The lowest BCUT2D eigenvalue weighted by atomic mass is 9.97. The van der Waals surface area contributed by atoms with Crippen molar-refractivity contribution in [1.82, 2.24) is 5.53 Å². The highest BCUT2D eigenvalue weighted by atomic mass is 15.5. The van der Waals surface area contributed by atoms with Gasteiger partial charge in [-0.15, -0.1) is 0 Å². The van der Waals surface area contributed by atoms with E-state index in [-0.39, 0.29) is 0 Å². The number of hydrogen-bond acceptors (Lipinski definition) is 3. The molecule has 5 heteroatoms. The first kappa shape index (κ1) is 8.29. The molecule has 1 heterocycles. The molecule has 0 radical (unpaired) electrons. The van der Waals surface area contributed by atoms with E-state index in [1.165, 1.54) is 13.1 Å². The van der Waals surface area contributed by atoms with Gasteiger partial charge in [0.05, 0.1) is 19.0 Å². The average molecular weight is 158 g/mol. The second-order valence-corrected chi connectivity index (χ2v) is 2.90. The molecule has 0 atom stereocenters. The van der Waals surface area contributed by atoms with Gasteiger partial charge in [0.25, 0.3) is 0 Å². The van der Waals surface area contributed by atoms with Gasteiger partial charge in [0.2, 0.25) is 0 Å². The summed E-state index contributed by atoms with van der Waals surface area (Å²) in [5.41, 5.74) is 7.69. The highest BCUT2D eigenvalue weighted by molar-refractivity contribution is 5.79. The summed E-state index contributed by atoms with van der Waals surface area (Å²) >= 11 is 0. The lowest BCUT2D eigenvalue weighted by Crippen LogP contribution is -2.96. The minimum atomic E-state index is 0.597. The van der Waals surface area contributed by atoms with Crippen molar-refractivity contribution in [2.24, 2.45) is 22.6 Å². The number of amidine groups is 1. The third kappa shape index (κ3) is 2.73. The Kier molecular flexibility index (Phi) is 3.13. The van der Waals surface area contributed by atoms with Crippen LogP contribution in [0.2, 0.25) is 0 Å². The topological polar surface area (TPSA) is 93.0 Å². The van der Waals surface area contributed by atoms with E-state index in [1.807, 2.05) is 0 Å². The summed E-state index contributed by atoms with van der Waals surface area (Å²) in [6.07, 6.45) is 1.98. The van der Waals surface area contributed by atoms with Crippen LogP contribution >= 0.6 is 0 Å². The fourth-order valence-corrected chi connectivity index (χ4v) is 1.13. The van der Waals surface area contributed by atoms with E-state index in [1.54, 1.807) is 0 Å². The molecule has 64 valence electrons. The van der Waals surface area contributed by atoms with Crippen molar-refractivity contribution >= 4 is 5.84 Å². The minimum Gasteiger partial charge on any atom is -0.386 e. The largest absolute Gasteiger partial charge is 0.386 e. The molecular formula is C6H16N5+. The second-order valence-electron chi connectivity index (χ2n) is 2.90. The van der Waals surface area contributed by atoms with Crippen molar-refractivity contribution in [3.63, 3.8) is 0 Å². The van der Waals surface area contributed by atoms with Crippen molar-refractivity contribution in [1.29, 1.82) is 0 Å². The monoisotopic (exact) mass is 158 g/mol. The number of hydrogen-bond donors (Lipinski definition) is 4. The maximum absolute atomic E-state index is 5.51. The van der Waals surface area contributed by atoms with E-state index in [2.05, 4.69) is 16.0 Å². The maximum atomic E-state index is 5.51. The molecule has 7 N–H and O–H groups in total. The molecule has 11 heavy (non-hydrogen) atoms. The highest BCUT2D eigenvalue weighted by Gasteiger charge is 2.20. The molecule has 1 aliphatic rings. The third-order valence-electron chi connectivity index (χ3n) is 2.02.